The van der Waals surface area contributed by atoms with Crippen LogP contribution in [-0.2, 0) is 6.54 Å². The lowest BCUT2D eigenvalue weighted by Gasteiger charge is -2.01. The van der Waals surface area contributed by atoms with Gasteiger partial charge in [-0.25, -0.2) is 4.79 Å². The van der Waals surface area contributed by atoms with E-state index in [0.29, 0.717) is 12.5 Å². The molecule has 0 unspecified atom stereocenters. The largest absolute Gasteiger partial charge is 0.476 e. The van der Waals surface area contributed by atoms with Crippen LogP contribution in [0.3, 0.4) is 0 Å². The number of aromatic nitrogens is 3. The van der Waals surface area contributed by atoms with Gasteiger partial charge in [-0.15, -0.1) is 5.10 Å². The van der Waals surface area contributed by atoms with Crippen LogP contribution >= 0.6 is 0 Å². The van der Waals surface area contributed by atoms with Gasteiger partial charge in [-0.2, -0.15) is 0 Å². The molecule has 0 aliphatic heterocycles. The van der Waals surface area contributed by atoms with Crippen LogP contribution < -0.4 is 0 Å². The Morgan fingerprint density at radius 3 is 2.83 bits per heavy atom. The molecule has 0 spiro atoms. The Kier molecular flexibility index (Phi) is 2.42. The van der Waals surface area contributed by atoms with E-state index in [1.807, 2.05) is 13.8 Å². The number of carbonyl (C=O) groups is 1. The smallest absolute Gasteiger partial charge is 0.358 e. The topological polar surface area (TPSA) is 68.0 Å². The number of aromatic carboxylic acids is 1. The van der Waals surface area contributed by atoms with Gasteiger partial charge in [0.05, 0.1) is 6.20 Å². The predicted octanol–water partition coefficient (Wildman–Crippen LogP) is 0.632. The number of carboxylic acid groups (broad SMARTS) is 1. The summed E-state index contributed by atoms with van der Waals surface area (Å²) in [6.45, 7) is 4.75. The Hall–Kier alpha value is -1.39. The monoisotopic (exact) mass is 169 g/mol. The van der Waals surface area contributed by atoms with E-state index in [1.54, 1.807) is 0 Å². The van der Waals surface area contributed by atoms with Crippen molar-refractivity contribution < 1.29 is 9.90 Å². The lowest BCUT2D eigenvalue weighted by atomic mass is 10.2. The van der Waals surface area contributed by atoms with Gasteiger partial charge in [0.2, 0.25) is 0 Å². The van der Waals surface area contributed by atoms with Crippen molar-refractivity contribution in [2.75, 3.05) is 0 Å². The molecule has 1 aromatic rings. The third-order valence-electron chi connectivity index (χ3n) is 1.31. The fourth-order valence-corrected chi connectivity index (χ4v) is 0.860. The molecule has 1 heterocycles. The molecule has 66 valence electrons. The molecule has 5 heteroatoms. The SMILES string of the molecule is CC(C)Cn1cc(C(=O)O)nn1. The van der Waals surface area contributed by atoms with Gasteiger partial charge in [0, 0.05) is 6.54 Å². The van der Waals surface area contributed by atoms with Crippen LogP contribution in [0, 0.1) is 5.92 Å². The molecule has 0 saturated heterocycles. The van der Waals surface area contributed by atoms with Gasteiger partial charge in [-0.3, -0.25) is 4.68 Å². The van der Waals surface area contributed by atoms with Crippen molar-refractivity contribution in [2.24, 2.45) is 5.92 Å². The molecule has 5 nitrogen and oxygen atoms in total. The second kappa shape index (κ2) is 3.34. The van der Waals surface area contributed by atoms with Crippen LogP contribution in [0.1, 0.15) is 24.3 Å². The summed E-state index contributed by atoms with van der Waals surface area (Å²) in [5.74, 6) is -0.599. The lowest BCUT2D eigenvalue weighted by Crippen LogP contribution is -2.04. The van der Waals surface area contributed by atoms with Crippen LogP contribution in [0.4, 0.5) is 0 Å². The van der Waals surface area contributed by atoms with Crippen molar-refractivity contribution in [1.29, 1.82) is 0 Å². The highest BCUT2D eigenvalue weighted by atomic mass is 16.4. The van der Waals surface area contributed by atoms with E-state index < -0.39 is 5.97 Å². The average Bonchev–Trinajstić information content (AvgIpc) is 2.34. The zero-order valence-corrected chi connectivity index (χ0v) is 7.06. The molecule has 0 aromatic carbocycles. The highest BCUT2D eigenvalue weighted by Gasteiger charge is 2.08. The Morgan fingerprint density at radius 1 is 1.75 bits per heavy atom. The summed E-state index contributed by atoms with van der Waals surface area (Å²) in [6.07, 6.45) is 1.43. The van der Waals surface area contributed by atoms with Crippen molar-refractivity contribution in [3.8, 4) is 0 Å². The Bertz CT molecular complexity index is 280. The molecule has 0 amide bonds. The molecule has 0 saturated carbocycles. The Labute approximate surface area is 70.0 Å². The number of nitrogens with zero attached hydrogens (tertiary/aromatic N) is 3. The zero-order chi connectivity index (χ0) is 9.14. The molecule has 0 bridgehead atoms. The number of hydrogen-bond acceptors (Lipinski definition) is 3. The molecule has 12 heavy (non-hydrogen) atoms. The first-order valence-corrected chi connectivity index (χ1v) is 3.73. The molecule has 0 radical (unpaired) electrons. The average molecular weight is 169 g/mol. The molecule has 1 rings (SSSR count). The minimum absolute atomic E-state index is 0.00403. The zero-order valence-electron chi connectivity index (χ0n) is 7.06. The molecule has 0 fully saturated rings. The normalized spacial score (nSPS) is 10.6. The van der Waals surface area contributed by atoms with Crippen molar-refractivity contribution in [3.63, 3.8) is 0 Å². The first kappa shape index (κ1) is 8.70. The standard InChI is InChI=1S/C7H11N3O2/c1-5(2)3-10-4-6(7(11)12)8-9-10/h4-5H,3H2,1-2H3,(H,11,12). The van der Waals surface area contributed by atoms with Crippen LogP contribution in [0.2, 0.25) is 0 Å². The summed E-state index contributed by atoms with van der Waals surface area (Å²) in [4.78, 5) is 10.4. The number of carboxylic acids is 1. The van der Waals surface area contributed by atoms with Crippen molar-refractivity contribution in [1.82, 2.24) is 15.0 Å². The molecule has 1 N–H and O–H groups in total. The maximum atomic E-state index is 10.4. The second-order valence-electron chi connectivity index (χ2n) is 3.02. The highest BCUT2D eigenvalue weighted by Crippen LogP contribution is 1.98. The number of rotatable bonds is 3. The molecular weight excluding hydrogens is 158 g/mol. The van der Waals surface area contributed by atoms with E-state index in [2.05, 4.69) is 10.3 Å². The van der Waals surface area contributed by atoms with E-state index in [9.17, 15) is 4.79 Å². The van der Waals surface area contributed by atoms with Gasteiger partial charge in [0.15, 0.2) is 5.69 Å². The summed E-state index contributed by atoms with van der Waals surface area (Å²) < 4.78 is 1.54. The van der Waals surface area contributed by atoms with Gasteiger partial charge in [0.1, 0.15) is 0 Å². The molecule has 1 aromatic heterocycles. The maximum absolute atomic E-state index is 10.4. The predicted molar refractivity (Wildman–Crippen MR) is 41.8 cm³/mol. The minimum Gasteiger partial charge on any atom is -0.476 e. The minimum atomic E-state index is -1.04. The second-order valence-corrected chi connectivity index (χ2v) is 3.02. The maximum Gasteiger partial charge on any atom is 0.358 e. The van der Waals surface area contributed by atoms with Crippen LogP contribution in [0.15, 0.2) is 6.20 Å². The van der Waals surface area contributed by atoms with E-state index >= 15 is 0 Å². The summed E-state index contributed by atoms with van der Waals surface area (Å²) in [5.41, 5.74) is -0.00403. The summed E-state index contributed by atoms with van der Waals surface area (Å²) in [7, 11) is 0. The molecule has 0 aliphatic rings. The third-order valence-corrected chi connectivity index (χ3v) is 1.31. The first-order valence-electron chi connectivity index (χ1n) is 3.73. The first-order chi connectivity index (χ1) is 5.59. The van der Waals surface area contributed by atoms with Gasteiger partial charge in [0.25, 0.3) is 0 Å². The van der Waals surface area contributed by atoms with Crippen LogP contribution in [0.25, 0.3) is 0 Å². The van der Waals surface area contributed by atoms with E-state index in [4.69, 9.17) is 5.11 Å². The third kappa shape index (κ3) is 2.05. The number of hydrogen-bond donors (Lipinski definition) is 1. The molecular formula is C7H11N3O2. The van der Waals surface area contributed by atoms with Gasteiger partial charge >= 0.3 is 5.97 Å². The Morgan fingerprint density at radius 2 is 2.42 bits per heavy atom. The fraction of sp³-hybridized carbons (Fsp3) is 0.571. The fourth-order valence-electron chi connectivity index (χ4n) is 0.860. The van der Waals surface area contributed by atoms with E-state index in [1.165, 1.54) is 10.9 Å². The highest BCUT2D eigenvalue weighted by molar-refractivity contribution is 5.84. The summed E-state index contributed by atoms with van der Waals surface area (Å²) >= 11 is 0. The molecule has 0 aliphatic carbocycles. The van der Waals surface area contributed by atoms with Crippen LogP contribution in [-0.4, -0.2) is 26.1 Å². The summed E-state index contributed by atoms with van der Waals surface area (Å²) in [5, 5.41) is 15.7. The summed E-state index contributed by atoms with van der Waals surface area (Å²) in [6, 6.07) is 0. The van der Waals surface area contributed by atoms with Crippen molar-refractivity contribution >= 4 is 5.97 Å². The molecule has 0 atom stereocenters. The Balaban J connectivity index is 2.71. The van der Waals surface area contributed by atoms with Gasteiger partial charge in [-0.05, 0) is 5.92 Å². The van der Waals surface area contributed by atoms with E-state index in [-0.39, 0.29) is 5.69 Å². The van der Waals surface area contributed by atoms with Crippen molar-refractivity contribution in [2.45, 2.75) is 20.4 Å². The van der Waals surface area contributed by atoms with E-state index in [0.717, 1.165) is 0 Å². The van der Waals surface area contributed by atoms with Crippen molar-refractivity contribution in [3.05, 3.63) is 11.9 Å². The lowest BCUT2D eigenvalue weighted by molar-refractivity contribution is 0.0690. The van der Waals surface area contributed by atoms with Crippen LogP contribution in [0.5, 0.6) is 0 Å². The van der Waals surface area contributed by atoms with Gasteiger partial charge < -0.3 is 5.11 Å². The quantitative estimate of drug-likeness (QED) is 0.720. The van der Waals surface area contributed by atoms with Gasteiger partial charge in [-0.1, -0.05) is 19.1 Å².